The van der Waals surface area contributed by atoms with E-state index in [4.69, 9.17) is 63.7 Å². The van der Waals surface area contributed by atoms with Crippen LogP contribution in [0.3, 0.4) is 0 Å². The monoisotopic (exact) mass is 1960 g/mol. The van der Waals surface area contributed by atoms with Crippen LogP contribution in [0.15, 0.2) is 124 Å². The first kappa shape index (κ1) is 99.6. The Kier molecular flexibility index (Phi) is 31.1. The van der Waals surface area contributed by atoms with Gasteiger partial charge < -0.3 is 118 Å². The third kappa shape index (κ3) is 23.8. The fourth-order valence-corrected chi connectivity index (χ4v) is 15.2. The minimum Gasteiger partial charge on any atom is -0.479 e. The van der Waals surface area contributed by atoms with Crippen LogP contribution in [0.4, 0.5) is 72.1 Å². The number of nitrogens with zero attached hydrogens (tertiary/aromatic N) is 31. The Morgan fingerprint density at radius 3 is 1.31 bits per heavy atom. The van der Waals surface area contributed by atoms with Crippen molar-refractivity contribution in [1.82, 2.24) is 148 Å². The molecular weight excluding hydrogens is 1860 g/mol. The highest BCUT2D eigenvalue weighted by atomic mass is 19.1. The van der Waals surface area contributed by atoms with Crippen molar-refractivity contribution in [3.63, 3.8) is 0 Å². The van der Waals surface area contributed by atoms with Crippen LogP contribution in [0.2, 0.25) is 0 Å². The van der Waals surface area contributed by atoms with Crippen LogP contribution < -0.4 is 93.9 Å². The van der Waals surface area contributed by atoms with E-state index in [0.717, 1.165) is 98.9 Å². The number of rotatable bonds is 27. The summed E-state index contributed by atoms with van der Waals surface area (Å²) >= 11 is 0. The van der Waals surface area contributed by atoms with Crippen LogP contribution in [0.25, 0.3) is 33.1 Å². The number of hydrogen-bond donors (Lipinski definition) is 11. The van der Waals surface area contributed by atoms with Crippen molar-refractivity contribution in [2.75, 3.05) is 182 Å². The smallest absolute Gasteiger partial charge is 0.263 e. The van der Waals surface area contributed by atoms with Gasteiger partial charge in [0.05, 0.1) is 81.7 Å². The van der Waals surface area contributed by atoms with E-state index in [9.17, 15) is 37.5 Å². The third-order valence-corrected chi connectivity index (χ3v) is 22.4. The molecule has 56 heteroatoms. The molecular formula is C87H100F2N42O12. The van der Waals surface area contributed by atoms with E-state index < -0.39 is 41.2 Å². The molecule has 0 atom stereocenters. The van der Waals surface area contributed by atoms with Crippen molar-refractivity contribution in [3.8, 4) is 35.3 Å². The molecule has 1 spiro atoms. The molecule has 15 aromatic rings. The molecule has 16 N–H and O–H groups in total. The number of methoxy groups -OCH3 is 2. The SMILES string of the molecule is CC(C)Oc1ncncc1NC(=O)c1c(N)nn2ccc(OCCN(C)C)nc12.CN1CCN(C(=O)C2CCN(c3ncncc3NC(=O)c3c(N)nn4cc(F)cnc34)CC2)CC1.COc1ncncc1NC(=O)c1c(N)nn2ccc(OCCN(C)C)nc12.Nc1nn2cc(F)cnc2c1C(=O)Nc1cncnc1OC1CC2(CCN2)C1.[C-]#[N+]Cc1cnc2c(C(=O)Nc3cncnc3OC)c(N)nn2c1. The number of amides is 6. The highest BCUT2D eigenvalue weighted by molar-refractivity contribution is 6.15. The van der Waals surface area contributed by atoms with Crippen LogP contribution >= 0.6 is 0 Å². The summed E-state index contributed by atoms with van der Waals surface area (Å²) in [6.07, 6.45) is 28.9. The van der Waals surface area contributed by atoms with Gasteiger partial charge >= 0.3 is 0 Å². The van der Waals surface area contributed by atoms with Gasteiger partial charge in [0.1, 0.15) is 107 Å². The van der Waals surface area contributed by atoms with Gasteiger partial charge in [-0.05, 0) is 74.9 Å². The largest absolute Gasteiger partial charge is 0.479 e. The van der Waals surface area contributed by atoms with Gasteiger partial charge in [-0.1, -0.05) is 0 Å². The second-order valence-corrected chi connectivity index (χ2v) is 33.4. The van der Waals surface area contributed by atoms with E-state index in [1.165, 1.54) is 96.6 Å². The lowest BCUT2D eigenvalue weighted by Gasteiger charge is -2.54. The number of nitrogens with one attached hydrogen (secondary N) is 6. The lowest BCUT2D eigenvalue weighted by atomic mass is 9.68. The number of aromatic nitrogens is 25. The van der Waals surface area contributed by atoms with Crippen LogP contribution in [-0.2, 0) is 11.3 Å². The molecule has 3 saturated heterocycles. The molecule has 1 saturated carbocycles. The maximum Gasteiger partial charge on any atom is 0.263 e. The Morgan fingerprint density at radius 2 is 0.888 bits per heavy atom. The number of likely N-dealkylation sites (N-methyl/N-ethyl adjacent to an activating group) is 3. The van der Waals surface area contributed by atoms with Crippen LogP contribution in [0.1, 0.15) is 103 Å². The summed E-state index contributed by atoms with van der Waals surface area (Å²) in [6, 6.07) is 3.32. The highest BCUT2D eigenvalue weighted by Crippen LogP contribution is 2.43. The molecule has 18 heterocycles. The summed E-state index contributed by atoms with van der Waals surface area (Å²) in [6.45, 7) is 18.8. The zero-order valence-electron chi connectivity index (χ0n) is 78.7. The molecule has 0 aromatic carbocycles. The first-order valence-corrected chi connectivity index (χ1v) is 44.3. The van der Waals surface area contributed by atoms with Gasteiger partial charge in [0.2, 0.25) is 47.7 Å². The standard InChI is InChI=1S/C22H27FN10O2.C18H24N8O3.C17H17FN8O2.C16H20N8O3.C14H12N8O2/c1-30-6-8-32(9-7-30)22(35)14-2-4-31(5-3-14)19-16(11-25-13-27-19)28-21(34)17-18(24)29-33-12-15(23)10-26-20(17)33;1-11(2)29-18-12(9-20-10-21-18)22-17(27)14-15(19)24-26-6-5-13(23-16(14)26)28-8-7-25(3)4;18-9-5-21-14-12(13(19)25-26(14)7-9)15(27)24-11-6-20-8-22-16(11)28-10-3-17(4-10)1-2-23-17;1-23(2)6-7-27-11-4-5-24-14(21-11)12(13(17)22-24)15(25)20-10-8-18-9-19-16(10)26-3;1-16-3-8-4-18-12-10(11(15)21-22(12)6-8)13(23)20-9-5-17-7-19-14(9)24-2/h10-14H,2-9H2,1H3,(H2,24,29)(H,28,34);5-6,9-11H,7-8H2,1-4H3,(H2,19,24)(H,22,27);5-8,10,23H,1-4H2,(H2,19,25)(H,24,27);4-5,8-9H,6-7H2,1-3H3,(H2,17,22)(H,20,25);4-7H,3H2,2H3,(H2,15,21)(H,20,23). The molecule has 0 radical (unpaired) electrons. The van der Waals surface area contributed by atoms with Crippen molar-refractivity contribution in [2.45, 2.75) is 70.2 Å². The summed E-state index contributed by atoms with van der Waals surface area (Å²) in [7, 11) is 12.7. The topological polar surface area (TPSA) is 660 Å². The van der Waals surface area contributed by atoms with E-state index in [2.05, 4.69) is 149 Å². The minimum absolute atomic E-state index is 0.0143. The lowest BCUT2D eigenvalue weighted by molar-refractivity contribution is -0.137. The van der Waals surface area contributed by atoms with Crippen LogP contribution in [0, 0.1) is 24.1 Å². The zero-order valence-corrected chi connectivity index (χ0v) is 78.7. The predicted molar refractivity (Wildman–Crippen MR) is 512 cm³/mol. The van der Waals surface area contributed by atoms with Crippen molar-refractivity contribution < 1.29 is 66.0 Å². The van der Waals surface area contributed by atoms with Gasteiger partial charge in [-0.25, -0.2) is 82.8 Å². The molecule has 0 unspecified atom stereocenters. The maximum atomic E-state index is 13.5. The molecule has 0 bridgehead atoms. The van der Waals surface area contributed by atoms with Gasteiger partial charge in [-0.3, -0.25) is 28.8 Å². The minimum atomic E-state index is -0.597. The van der Waals surface area contributed by atoms with Crippen molar-refractivity contribution in [1.29, 1.82) is 0 Å². The Hall–Kier alpha value is -17.9. The van der Waals surface area contributed by atoms with Crippen molar-refractivity contribution in [3.05, 3.63) is 181 Å². The normalized spacial score (nSPS) is 15.0. The molecule has 6 amide bonds. The van der Waals surface area contributed by atoms with Gasteiger partial charge in [-0.15, -0.1) is 25.5 Å². The lowest BCUT2D eigenvalue weighted by Crippen LogP contribution is -2.67. The van der Waals surface area contributed by atoms with Gasteiger partial charge in [0.15, 0.2) is 74.8 Å². The number of piperazine rings is 1. The molecule has 3 aliphatic heterocycles. The fraction of sp³-hybridized carbons (Fsp3) is 0.345. The number of hydrogen-bond acceptors (Lipinski definition) is 42. The van der Waals surface area contributed by atoms with Crippen LogP contribution in [0.5, 0.6) is 35.3 Å². The number of nitrogens with two attached hydrogens (primary N) is 5. The number of ether oxygens (including phenoxy) is 6. The number of halogens is 2. The molecule has 744 valence electrons. The molecule has 4 aliphatic rings. The molecule has 54 nitrogen and oxygen atoms in total. The number of anilines is 11. The summed E-state index contributed by atoms with van der Waals surface area (Å²) in [5.74, 6) is -1.31. The molecule has 1 aliphatic carbocycles. The summed E-state index contributed by atoms with van der Waals surface area (Å²) in [5, 5.41) is 37.1. The predicted octanol–water partition coefficient (Wildman–Crippen LogP) is 3.42. The number of piperidine rings is 1. The quantitative estimate of drug-likeness (QED) is 0.0329. The number of nitrogen functional groups attached to an aromatic ring is 5. The summed E-state index contributed by atoms with van der Waals surface area (Å²) in [5.41, 5.74) is 33.6. The Labute approximate surface area is 811 Å². The van der Waals surface area contributed by atoms with Crippen molar-refractivity contribution >= 4 is 127 Å². The fourth-order valence-electron chi connectivity index (χ4n) is 15.2. The average molecular weight is 1960 g/mol. The maximum absolute atomic E-state index is 13.5. The molecule has 15 aromatic heterocycles. The van der Waals surface area contributed by atoms with E-state index in [1.807, 2.05) is 61.6 Å². The van der Waals surface area contributed by atoms with Crippen molar-refractivity contribution in [2.24, 2.45) is 5.92 Å². The van der Waals surface area contributed by atoms with Gasteiger partial charge in [0.25, 0.3) is 29.5 Å². The summed E-state index contributed by atoms with van der Waals surface area (Å²) in [4.78, 5) is 151. The second-order valence-electron chi connectivity index (χ2n) is 33.4. The van der Waals surface area contributed by atoms with Gasteiger partial charge in [-0.2, -0.15) is 29.9 Å². The van der Waals surface area contributed by atoms with Gasteiger partial charge in [0, 0.05) is 114 Å². The Bertz CT molecular complexity index is 7190. The first-order valence-electron chi connectivity index (χ1n) is 44.3. The summed E-state index contributed by atoms with van der Waals surface area (Å²) < 4.78 is 66.2. The molecule has 143 heavy (non-hydrogen) atoms. The molecule has 4 fully saturated rings. The second kappa shape index (κ2) is 44.7. The number of fused-ring (bicyclic) bond motifs is 5. The molecule has 19 rings (SSSR count). The third-order valence-electron chi connectivity index (χ3n) is 22.4. The first-order chi connectivity index (χ1) is 68.9. The number of carbonyl (C=O) groups excluding carboxylic acids is 6. The Balaban J connectivity index is 0.000000135. The number of carbonyl (C=O) groups is 6. The van der Waals surface area contributed by atoms with Crippen LogP contribution in [-0.4, -0.2) is 317 Å². The van der Waals surface area contributed by atoms with E-state index in [-0.39, 0.29) is 145 Å². The van der Waals surface area contributed by atoms with E-state index >= 15 is 0 Å². The zero-order chi connectivity index (χ0) is 101. The van der Waals surface area contributed by atoms with E-state index in [0.29, 0.717) is 90.7 Å². The Morgan fingerprint density at radius 1 is 0.503 bits per heavy atom. The highest BCUT2D eigenvalue weighted by Gasteiger charge is 2.50. The average Bonchev–Trinajstić information content (AvgIpc) is 1.75. The van der Waals surface area contributed by atoms with E-state index in [1.54, 1.807) is 30.7 Å².